The average Bonchev–Trinajstić information content (AvgIpc) is 3.27. The summed E-state index contributed by atoms with van der Waals surface area (Å²) in [4.78, 5) is 30.4. The normalized spacial score (nSPS) is 20.0. The third-order valence-electron chi connectivity index (χ3n) is 7.22. The summed E-state index contributed by atoms with van der Waals surface area (Å²) in [6, 6.07) is 13.7. The number of carbonyl (C=O) groups is 2. The van der Waals surface area contributed by atoms with Gasteiger partial charge in [-0.2, -0.15) is 0 Å². The van der Waals surface area contributed by atoms with Gasteiger partial charge in [-0.1, -0.05) is 29.4 Å². The number of Topliss-reactive ketones (excluding diaryl/α,β-unsaturated/α-hetero) is 2. The number of nitrogens with zero attached hydrogens (tertiary/aromatic N) is 3. The van der Waals surface area contributed by atoms with Crippen molar-refractivity contribution in [2.75, 3.05) is 37.6 Å². The van der Waals surface area contributed by atoms with Crippen molar-refractivity contribution >= 4 is 28.4 Å². The van der Waals surface area contributed by atoms with Crippen molar-refractivity contribution in [1.82, 2.24) is 10.1 Å². The second-order valence-corrected chi connectivity index (χ2v) is 10.0. The van der Waals surface area contributed by atoms with Crippen molar-refractivity contribution in [3.05, 3.63) is 59.2 Å². The summed E-state index contributed by atoms with van der Waals surface area (Å²) in [5, 5.41) is 5.28. The summed E-state index contributed by atoms with van der Waals surface area (Å²) in [5.41, 5.74) is 2.43. The van der Waals surface area contributed by atoms with Crippen molar-refractivity contribution in [3.63, 3.8) is 0 Å². The van der Waals surface area contributed by atoms with Gasteiger partial charge in [0.1, 0.15) is 0 Å². The molecular weight excluding hydrogens is 402 g/mol. The van der Waals surface area contributed by atoms with Crippen LogP contribution in [0.15, 0.2) is 47.0 Å². The van der Waals surface area contributed by atoms with E-state index in [1.807, 2.05) is 70.2 Å². The maximum absolute atomic E-state index is 13.1. The van der Waals surface area contributed by atoms with Crippen molar-refractivity contribution in [2.24, 2.45) is 0 Å². The summed E-state index contributed by atoms with van der Waals surface area (Å²) in [7, 11) is 0. The zero-order valence-corrected chi connectivity index (χ0v) is 19.1. The van der Waals surface area contributed by atoms with Crippen LogP contribution in [0.25, 0.3) is 11.0 Å². The maximum Gasteiger partial charge on any atom is 0.180 e. The molecule has 0 N–H and O–H groups in total. The molecule has 0 radical (unpaired) electrons. The number of piperazine rings is 1. The molecule has 32 heavy (non-hydrogen) atoms. The number of fused-ring (bicyclic) bond motifs is 2. The smallest absolute Gasteiger partial charge is 0.180 e. The highest BCUT2D eigenvalue weighted by molar-refractivity contribution is 6.04. The number of carbonyl (C=O) groups excluding carboxylic acids is 2. The molecule has 1 saturated heterocycles. The van der Waals surface area contributed by atoms with Crippen LogP contribution in [0, 0.1) is 0 Å². The Balaban J connectivity index is 1.27. The molecule has 3 aromatic rings. The van der Waals surface area contributed by atoms with Crippen LogP contribution in [0.2, 0.25) is 0 Å². The van der Waals surface area contributed by atoms with Gasteiger partial charge in [-0.3, -0.25) is 14.5 Å². The van der Waals surface area contributed by atoms with Crippen LogP contribution in [0.5, 0.6) is 0 Å². The highest BCUT2D eigenvalue weighted by Crippen LogP contribution is 2.46. The van der Waals surface area contributed by atoms with Gasteiger partial charge in [0, 0.05) is 42.6 Å². The molecule has 6 nitrogen and oxygen atoms in total. The number of anilines is 1. The largest absolute Gasteiger partial charge is 0.354 e. The second-order valence-electron chi connectivity index (χ2n) is 10.0. The molecule has 2 aromatic carbocycles. The third kappa shape index (κ3) is 3.16. The Kier molecular flexibility index (Phi) is 4.75. The number of aromatic nitrogens is 1. The number of benzene rings is 2. The Morgan fingerprint density at radius 2 is 1.66 bits per heavy atom. The first-order valence-electron chi connectivity index (χ1n) is 11.2. The number of rotatable bonds is 4. The van der Waals surface area contributed by atoms with E-state index in [1.165, 1.54) is 0 Å². The molecule has 1 aromatic heterocycles. The fourth-order valence-electron chi connectivity index (χ4n) is 5.32. The molecule has 6 heteroatoms. The van der Waals surface area contributed by atoms with Crippen LogP contribution in [-0.4, -0.2) is 54.3 Å². The molecule has 5 rings (SSSR count). The number of hydrogen-bond donors (Lipinski definition) is 0. The van der Waals surface area contributed by atoms with Crippen molar-refractivity contribution in [1.29, 1.82) is 0 Å². The minimum atomic E-state index is -0.568. The van der Waals surface area contributed by atoms with Crippen LogP contribution in [0.3, 0.4) is 0 Å². The van der Waals surface area contributed by atoms with Gasteiger partial charge in [-0.25, -0.2) is 0 Å². The minimum absolute atomic E-state index is 0.0982. The lowest BCUT2D eigenvalue weighted by molar-refractivity contribution is -0.126. The van der Waals surface area contributed by atoms with Crippen LogP contribution in [0.4, 0.5) is 5.82 Å². The molecule has 0 atom stereocenters. The van der Waals surface area contributed by atoms with Gasteiger partial charge in [0.05, 0.1) is 11.9 Å². The fraction of sp³-hybridized carbons (Fsp3) is 0.423. The van der Waals surface area contributed by atoms with E-state index in [1.54, 1.807) is 0 Å². The monoisotopic (exact) mass is 431 g/mol. The van der Waals surface area contributed by atoms with E-state index in [2.05, 4.69) is 15.0 Å². The van der Waals surface area contributed by atoms with Gasteiger partial charge in [0.15, 0.2) is 23.0 Å². The Hall–Kier alpha value is -2.99. The van der Waals surface area contributed by atoms with E-state index < -0.39 is 10.8 Å². The van der Waals surface area contributed by atoms with Gasteiger partial charge >= 0.3 is 0 Å². The summed E-state index contributed by atoms with van der Waals surface area (Å²) >= 11 is 0. The lowest BCUT2D eigenvalue weighted by atomic mass is 9.80. The lowest BCUT2D eigenvalue weighted by Gasteiger charge is -2.34. The third-order valence-corrected chi connectivity index (χ3v) is 7.22. The molecule has 2 heterocycles. The Morgan fingerprint density at radius 1 is 0.969 bits per heavy atom. The zero-order chi connectivity index (χ0) is 22.7. The maximum atomic E-state index is 13.1. The van der Waals surface area contributed by atoms with E-state index in [9.17, 15) is 9.59 Å². The summed E-state index contributed by atoms with van der Waals surface area (Å²) in [5.74, 6) is 1.18. The first kappa shape index (κ1) is 20.9. The van der Waals surface area contributed by atoms with Gasteiger partial charge in [-0.05, 0) is 57.0 Å². The molecule has 0 saturated carbocycles. The Labute approximate surface area is 188 Å². The molecular formula is C26H29N3O3. The first-order chi connectivity index (χ1) is 15.2. The van der Waals surface area contributed by atoms with Crippen LogP contribution >= 0.6 is 0 Å². The number of ketones is 2. The summed E-state index contributed by atoms with van der Waals surface area (Å²) in [6.45, 7) is 11.4. The number of para-hydroxylation sites is 1. The number of hydrogen-bond acceptors (Lipinski definition) is 6. The lowest BCUT2D eigenvalue weighted by Crippen LogP contribution is -2.48. The van der Waals surface area contributed by atoms with Gasteiger partial charge in [-0.15, -0.1) is 0 Å². The standard InChI is InChI=1S/C26H29N3O3/c1-25(2)19-10-9-17(15-20(19)26(3,4)24(25)31)21(30)16-28-11-13-29(14-12-28)23-18-7-5-6-8-22(18)32-27-23/h5-10,15H,11-14,16H2,1-4H3. The SMILES string of the molecule is CC1(C)C(=O)C(C)(C)c2cc(C(=O)CN3CCN(c4noc5ccccc45)CC3)ccc21. The highest BCUT2D eigenvalue weighted by Gasteiger charge is 2.50. The molecule has 0 amide bonds. The van der Waals surface area contributed by atoms with Crippen molar-refractivity contribution in [3.8, 4) is 0 Å². The summed E-state index contributed by atoms with van der Waals surface area (Å²) in [6.07, 6.45) is 0. The van der Waals surface area contributed by atoms with Crippen molar-refractivity contribution in [2.45, 2.75) is 38.5 Å². The Morgan fingerprint density at radius 3 is 2.41 bits per heavy atom. The average molecular weight is 432 g/mol. The van der Waals surface area contributed by atoms with E-state index in [4.69, 9.17) is 4.52 Å². The highest BCUT2D eigenvalue weighted by atomic mass is 16.5. The zero-order valence-electron chi connectivity index (χ0n) is 19.1. The molecule has 0 spiro atoms. The van der Waals surface area contributed by atoms with E-state index >= 15 is 0 Å². The van der Waals surface area contributed by atoms with E-state index in [0.29, 0.717) is 12.1 Å². The second kappa shape index (κ2) is 7.27. The van der Waals surface area contributed by atoms with E-state index in [0.717, 1.165) is 54.1 Å². The van der Waals surface area contributed by atoms with Gasteiger partial charge < -0.3 is 9.42 Å². The van der Waals surface area contributed by atoms with E-state index in [-0.39, 0.29) is 11.6 Å². The molecule has 2 aliphatic rings. The van der Waals surface area contributed by atoms with Crippen molar-refractivity contribution < 1.29 is 14.1 Å². The minimum Gasteiger partial charge on any atom is -0.354 e. The van der Waals surface area contributed by atoms with Gasteiger partial charge in [0.25, 0.3) is 0 Å². The molecule has 1 aliphatic heterocycles. The molecule has 0 bridgehead atoms. The molecule has 0 unspecified atom stereocenters. The molecule has 1 fully saturated rings. The van der Waals surface area contributed by atoms with Crippen LogP contribution in [0.1, 0.15) is 49.2 Å². The quantitative estimate of drug-likeness (QED) is 0.583. The van der Waals surface area contributed by atoms with Crippen LogP contribution in [-0.2, 0) is 15.6 Å². The predicted molar refractivity (Wildman–Crippen MR) is 124 cm³/mol. The Bertz CT molecular complexity index is 1220. The predicted octanol–water partition coefficient (Wildman–Crippen LogP) is 3.97. The summed E-state index contributed by atoms with van der Waals surface area (Å²) < 4.78 is 5.44. The topological polar surface area (TPSA) is 66.7 Å². The van der Waals surface area contributed by atoms with Crippen LogP contribution < -0.4 is 4.90 Å². The molecule has 166 valence electrons. The molecule has 1 aliphatic carbocycles. The van der Waals surface area contributed by atoms with Gasteiger partial charge in [0.2, 0.25) is 0 Å². The first-order valence-corrected chi connectivity index (χ1v) is 11.2. The fourth-order valence-corrected chi connectivity index (χ4v) is 5.32.